The summed E-state index contributed by atoms with van der Waals surface area (Å²) >= 11 is 5.94. The predicted molar refractivity (Wildman–Crippen MR) is 102 cm³/mol. The van der Waals surface area contributed by atoms with Crippen molar-refractivity contribution in [2.75, 3.05) is 19.7 Å². The summed E-state index contributed by atoms with van der Waals surface area (Å²) in [6.45, 7) is 8.05. The number of piperidine rings is 1. The number of rotatable bonds is 8. The van der Waals surface area contributed by atoms with Crippen molar-refractivity contribution in [3.8, 4) is 0 Å². The maximum Gasteiger partial charge on any atom is 0.226 e. The van der Waals surface area contributed by atoms with Crippen LogP contribution in [-0.2, 0) is 24.1 Å². The van der Waals surface area contributed by atoms with Crippen molar-refractivity contribution in [3.05, 3.63) is 46.6 Å². The fourth-order valence-electron chi connectivity index (χ4n) is 3.22. The Morgan fingerprint density at radius 1 is 1.23 bits per heavy atom. The van der Waals surface area contributed by atoms with E-state index in [9.17, 15) is 0 Å². The molecule has 0 atom stereocenters. The van der Waals surface area contributed by atoms with E-state index in [1.54, 1.807) is 0 Å². The molecular formula is C20H28ClN3O2. The first-order valence-corrected chi connectivity index (χ1v) is 9.86. The molecule has 142 valence electrons. The molecule has 0 amide bonds. The predicted octanol–water partition coefficient (Wildman–Crippen LogP) is 4.15. The number of likely N-dealkylation sites (tertiary alicyclic amines) is 1. The van der Waals surface area contributed by atoms with Gasteiger partial charge in [0.05, 0.1) is 12.7 Å². The van der Waals surface area contributed by atoms with Crippen molar-refractivity contribution in [2.24, 2.45) is 5.92 Å². The number of benzene rings is 1. The van der Waals surface area contributed by atoms with Crippen LogP contribution >= 0.6 is 11.6 Å². The van der Waals surface area contributed by atoms with Gasteiger partial charge in [-0.15, -0.1) is 0 Å². The highest BCUT2D eigenvalue weighted by Crippen LogP contribution is 2.18. The van der Waals surface area contributed by atoms with E-state index in [0.29, 0.717) is 25.0 Å². The second kappa shape index (κ2) is 9.49. The fourth-order valence-corrected chi connectivity index (χ4v) is 3.35. The Kier molecular flexibility index (Phi) is 7.06. The minimum absolute atomic E-state index is 0.332. The lowest BCUT2D eigenvalue weighted by Crippen LogP contribution is -2.36. The molecule has 26 heavy (non-hydrogen) atoms. The lowest BCUT2D eigenvalue weighted by atomic mass is 10.1. The second-order valence-electron chi connectivity index (χ2n) is 7.43. The van der Waals surface area contributed by atoms with Gasteiger partial charge in [-0.3, -0.25) is 4.90 Å². The van der Waals surface area contributed by atoms with Gasteiger partial charge in [0.1, 0.15) is 0 Å². The van der Waals surface area contributed by atoms with E-state index in [4.69, 9.17) is 20.9 Å². The van der Waals surface area contributed by atoms with Crippen LogP contribution in [0.1, 0.15) is 44.0 Å². The molecule has 0 unspecified atom stereocenters. The number of nitrogens with zero attached hydrogens (tertiary/aromatic N) is 3. The van der Waals surface area contributed by atoms with Crippen LogP contribution in [0.2, 0.25) is 5.02 Å². The smallest absolute Gasteiger partial charge is 0.226 e. The summed E-state index contributed by atoms with van der Waals surface area (Å²) in [6, 6.07) is 8.11. The third-order valence-electron chi connectivity index (χ3n) is 4.63. The van der Waals surface area contributed by atoms with Crippen LogP contribution in [0, 0.1) is 5.92 Å². The van der Waals surface area contributed by atoms with Gasteiger partial charge in [0.25, 0.3) is 0 Å². The van der Waals surface area contributed by atoms with E-state index in [0.717, 1.165) is 55.6 Å². The van der Waals surface area contributed by atoms with Crippen LogP contribution in [0.5, 0.6) is 0 Å². The van der Waals surface area contributed by atoms with Gasteiger partial charge in [0.15, 0.2) is 5.82 Å². The lowest BCUT2D eigenvalue weighted by Gasteiger charge is -2.31. The Hall–Kier alpha value is -1.43. The van der Waals surface area contributed by atoms with E-state index in [1.165, 1.54) is 5.56 Å². The molecule has 5 nitrogen and oxygen atoms in total. The van der Waals surface area contributed by atoms with Gasteiger partial charge >= 0.3 is 0 Å². The van der Waals surface area contributed by atoms with Crippen LogP contribution in [0.3, 0.4) is 0 Å². The molecule has 1 aromatic carbocycles. The molecule has 0 N–H and O–H groups in total. The Morgan fingerprint density at radius 3 is 2.65 bits per heavy atom. The first kappa shape index (κ1) is 19.3. The molecule has 0 spiro atoms. The van der Waals surface area contributed by atoms with Crippen molar-refractivity contribution >= 4 is 11.6 Å². The molecular weight excluding hydrogens is 350 g/mol. The molecule has 0 bridgehead atoms. The van der Waals surface area contributed by atoms with Crippen LogP contribution in [-0.4, -0.2) is 40.8 Å². The normalized spacial score (nSPS) is 16.5. The average Bonchev–Trinajstić information content (AvgIpc) is 3.05. The van der Waals surface area contributed by atoms with Crippen LogP contribution in [0.15, 0.2) is 28.8 Å². The van der Waals surface area contributed by atoms with E-state index in [1.807, 2.05) is 12.1 Å². The quantitative estimate of drug-likeness (QED) is 0.691. The van der Waals surface area contributed by atoms with Crippen molar-refractivity contribution < 1.29 is 9.26 Å². The van der Waals surface area contributed by atoms with Crippen molar-refractivity contribution in [1.29, 1.82) is 0 Å². The van der Waals surface area contributed by atoms with Crippen molar-refractivity contribution in [3.63, 3.8) is 0 Å². The molecule has 2 heterocycles. The Bertz CT molecular complexity index is 664. The van der Waals surface area contributed by atoms with Gasteiger partial charge in [-0.1, -0.05) is 42.7 Å². The summed E-state index contributed by atoms with van der Waals surface area (Å²) in [5, 5.41) is 4.82. The maximum atomic E-state index is 6.03. The van der Waals surface area contributed by atoms with Gasteiger partial charge in [-0.05, 0) is 36.5 Å². The Labute approximate surface area is 160 Å². The largest absolute Gasteiger partial charge is 0.378 e. The molecule has 2 aromatic rings. The highest BCUT2D eigenvalue weighted by molar-refractivity contribution is 6.30. The summed E-state index contributed by atoms with van der Waals surface area (Å²) in [7, 11) is 0. The molecule has 1 aromatic heterocycles. The number of aromatic nitrogens is 2. The minimum Gasteiger partial charge on any atom is -0.378 e. The Morgan fingerprint density at radius 2 is 1.96 bits per heavy atom. The van der Waals surface area contributed by atoms with Gasteiger partial charge < -0.3 is 9.26 Å². The van der Waals surface area contributed by atoms with Gasteiger partial charge in [-0.2, -0.15) is 4.98 Å². The summed E-state index contributed by atoms with van der Waals surface area (Å²) in [4.78, 5) is 6.90. The van der Waals surface area contributed by atoms with Crippen LogP contribution in [0.4, 0.5) is 0 Å². The van der Waals surface area contributed by atoms with Crippen LogP contribution in [0.25, 0.3) is 0 Å². The molecule has 3 rings (SSSR count). The number of hydrogen-bond donors (Lipinski definition) is 0. The number of halogens is 1. The van der Waals surface area contributed by atoms with Gasteiger partial charge in [0, 0.05) is 37.5 Å². The monoisotopic (exact) mass is 377 g/mol. The topological polar surface area (TPSA) is 51.4 Å². The molecule has 0 radical (unpaired) electrons. The van der Waals surface area contributed by atoms with Crippen molar-refractivity contribution in [2.45, 2.75) is 52.2 Å². The third-order valence-corrected chi connectivity index (χ3v) is 4.88. The molecule has 0 saturated carbocycles. The Balaban J connectivity index is 1.34. The van der Waals surface area contributed by atoms with E-state index < -0.39 is 0 Å². The third kappa shape index (κ3) is 6.08. The summed E-state index contributed by atoms with van der Waals surface area (Å²) in [6.07, 6.45) is 4.02. The molecule has 1 aliphatic heterocycles. The number of ether oxygens (including phenoxy) is 1. The zero-order valence-electron chi connectivity index (χ0n) is 15.7. The SMILES string of the molecule is CC(C)Cc1nc(CCOC2CCN(Cc3ccc(Cl)cc3)CC2)no1. The molecule has 1 aliphatic rings. The summed E-state index contributed by atoms with van der Waals surface area (Å²) in [5.74, 6) is 2.00. The van der Waals surface area contributed by atoms with Gasteiger partial charge in [-0.25, -0.2) is 0 Å². The number of hydrogen-bond acceptors (Lipinski definition) is 5. The maximum absolute atomic E-state index is 6.03. The molecule has 0 aliphatic carbocycles. The zero-order valence-corrected chi connectivity index (χ0v) is 16.4. The average molecular weight is 378 g/mol. The molecule has 1 saturated heterocycles. The summed E-state index contributed by atoms with van der Waals surface area (Å²) < 4.78 is 11.3. The minimum atomic E-state index is 0.332. The van der Waals surface area contributed by atoms with E-state index >= 15 is 0 Å². The van der Waals surface area contributed by atoms with Crippen molar-refractivity contribution in [1.82, 2.24) is 15.0 Å². The van der Waals surface area contributed by atoms with Crippen LogP contribution < -0.4 is 0 Å². The second-order valence-corrected chi connectivity index (χ2v) is 7.86. The first-order valence-electron chi connectivity index (χ1n) is 9.48. The van der Waals surface area contributed by atoms with Gasteiger partial charge in [0.2, 0.25) is 5.89 Å². The van der Waals surface area contributed by atoms with E-state index in [2.05, 4.69) is 41.0 Å². The molecule has 1 fully saturated rings. The highest BCUT2D eigenvalue weighted by atomic mass is 35.5. The molecule has 6 heteroatoms. The zero-order chi connectivity index (χ0) is 18.4. The lowest BCUT2D eigenvalue weighted by molar-refractivity contribution is 0.00676. The standard InChI is InChI=1S/C20H28ClN3O2/c1-15(2)13-20-22-19(23-26-20)9-12-25-18-7-10-24(11-8-18)14-16-3-5-17(21)6-4-16/h3-6,15,18H,7-14H2,1-2H3. The fraction of sp³-hybridized carbons (Fsp3) is 0.600. The van der Waals surface area contributed by atoms with E-state index in [-0.39, 0.29) is 0 Å². The summed E-state index contributed by atoms with van der Waals surface area (Å²) in [5.41, 5.74) is 1.31. The highest BCUT2D eigenvalue weighted by Gasteiger charge is 2.20. The first-order chi connectivity index (χ1) is 12.6.